The zero-order valence-corrected chi connectivity index (χ0v) is 12.1. The van der Waals surface area contributed by atoms with Gasteiger partial charge in [-0.1, -0.05) is 12.1 Å². The van der Waals surface area contributed by atoms with E-state index in [9.17, 15) is 5.11 Å². The van der Waals surface area contributed by atoms with Crippen LogP contribution in [0.25, 0.3) is 0 Å². The van der Waals surface area contributed by atoms with E-state index in [1.165, 1.54) is 0 Å². The zero-order valence-electron chi connectivity index (χ0n) is 12.1. The topological polar surface area (TPSA) is 69.2 Å². The second-order valence-electron chi connectivity index (χ2n) is 5.18. The van der Waals surface area contributed by atoms with Crippen molar-refractivity contribution in [3.63, 3.8) is 0 Å². The third-order valence-corrected chi connectivity index (χ3v) is 3.49. The first-order valence-corrected chi connectivity index (χ1v) is 7.13. The number of aryl methyl sites for hydroxylation is 1. The summed E-state index contributed by atoms with van der Waals surface area (Å²) >= 11 is 0. The molecule has 110 valence electrons. The van der Waals surface area contributed by atoms with Gasteiger partial charge in [-0.05, 0) is 43.2 Å². The van der Waals surface area contributed by atoms with Gasteiger partial charge in [-0.2, -0.15) is 5.26 Å². The molecule has 0 saturated carbocycles. The summed E-state index contributed by atoms with van der Waals surface area (Å²) < 4.78 is 5.30. The lowest BCUT2D eigenvalue weighted by Crippen LogP contribution is -2.30. The van der Waals surface area contributed by atoms with Gasteiger partial charge in [0.2, 0.25) is 0 Å². The molecule has 21 heavy (non-hydrogen) atoms. The van der Waals surface area contributed by atoms with Gasteiger partial charge >= 0.3 is 0 Å². The molecule has 1 heterocycles. The summed E-state index contributed by atoms with van der Waals surface area (Å²) in [6.07, 6.45) is 2.95. The lowest BCUT2D eigenvalue weighted by molar-refractivity contribution is 0.170. The first-order valence-electron chi connectivity index (χ1n) is 7.13. The van der Waals surface area contributed by atoms with Crippen LogP contribution in [-0.4, -0.2) is 17.7 Å². The Kier molecular flexibility index (Phi) is 5.56. The van der Waals surface area contributed by atoms with E-state index in [-0.39, 0.29) is 0 Å². The van der Waals surface area contributed by atoms with Gasteiger partial charge < -0.3 is 14.8 Å². The minimum absolute atomic E-state index is 0.295. The van der Waals surface area contributed by atoms with E-state index in [0.717, 1.165) is 24.2 Å². The van der Waals surface area contributed by atoms with E-state index in [2.05, 4.69) is 18.3 Å². The number of nitriles is 1. The van der Waals surface area contributed by atoms with E-state index < -0.39 is 6.10 Å². The fourth-order valence-corrected chi connectivity index (χ4v) is 2.13. The standard InChI is InChI=1S/C17H20N2O2/c1-13(4-9-16-3-2-10-21-16)19-12-17(20)15-7-5-14(11-18)6-8-15/h2-3,5-8,10,13,17,19-20H,4,9,12H2,1H3. The lowest BCUT2D eigenvalue weighted by Gasteiger charge is -2.17. The van der Waals surface area contributed by atoms with Crippen molar-refractivity contribution in [2.75, 3.05) is 6.54 Å². The Balaban J connectivity index is 1.74. The van der Waals surface area contributed by atoms with Crippen LogP contribution < -0.4 is 5.32 Å². The predicted octanol–water partition coefficient (Wildman–Crippen LogP) is 2.80. The number of nitrogens with zero attached hydrogens (tertiary/aromatic N) is 1. The van der Waals surface area contributed by atoms with Crippen LogP contribution in [0.5, 0.6) is 0 Å². The molecule has 2 unspecified atom stereocenters. The highest BCUT2D eigenvalue weighted by molar-refractivity contribution is 5.32. The molecule has 2 rings (SSSR count). The van der Waals surface area contributed by atoms with Gasteiger partial charge in [0.1, 0.15) is 5.76 Å². The summed E-state index contributed by atoms with van der Waals surface area (Å²) in [5.41, 5.74) is 1.42. The molecule has 1 aromatic carbocycles. The lowest BCUT2D eigenvalue weighted by atomic mass is 10.1. The molecule has 1 aromatic heterocycles. The first kappa shape index (κ1) is 15.3. The highest BCUT2D eigenvalue weighted by Gasteiger charge is 2.10. The van der Waals surface area contributed by atoms with Gasteiger partial charge in [-0.3, -0.25) is 0 Å². The highest BCUT2D eigenvalue weighted by atomic mass is 16.3. The summed E-state index contributed by atoms with van der Waals surface area (Å²) in [6, 6.07) is 13.2. The molecule has 0 aliphatic heterocycles. The van der Waals surface area contributed by atoms with Crippen LogP contribution in [0.1, 0.15) is 36.3 Å². The number of aliphatic hydroxyl groups is 1. The summed E-state index contributed by atoms with van der Waals surface area (Å²) in [5.74, 6) is 0.983. The number of hydrogen-bond acceptors (Lipinski definition) is 4. The molecule has 2 aromatic rings. The number of benzene rings is 1. The van der Waals surface area contributed by atoms with E-state index in [1.54, 1.807) is 30.5 Å². The normalized spacial score (nSPS) is 13.6. The average molecular weight is 284 g/mol. The van der Waals surface area contributed by atoms with Crippen molar-refractivity contribution in [3.05, 3.63) is 59.5 Å². The van der Waals surface area contributed by atoms with Gasteiger partial charge in [0.25, 0.3) is 0 Å². The highest BCUT2D eigenvalue weighted by Crippen LogP contribution is 2.13. The number of rotatable bonds is 7. The molecule has 0 saturated heterocycles. The summed E-state index contributed by atoms with van der Waals surface area (Å²) in [4.78, 5) is 0. The van der Waals surface area contributed by atoms with Crippen molar-refractivity contribution in [3.8, 4) is 6.07 Å². The van der Waals surface area contributed by atoms with E-state index in [0.29, 0.717) is 18.2 Å². The molecule has 0 amide bonds. The minimum Gasteiger partial charge on any atom is -0.469 e. The van der Waals surface area contributed by atoms with Crippen molar-refractivity contribution in [2.24, 2.45) is 0 Å². The smallest absolute Gasteiger partial charge is 0.103 e. The van der Waals surface area contributed by atoms with E-state index >= 15 is 0 Å². The zero-order chi connectivity index (χ0) is 15.1. The summed E-state index contributed by atoms with van der Waals surface area (Å²) in [5, 5.41) is 22.2. The van der Waals surface area contributed by atoms with Gasteiger partial charge in [-0.15, -0.1) is 0 Å². The molecule has 4 heteroatoms. The predicted molar refractivity (Wildman–Crippen MR) is 80.6 cm³/mol. The quantitative estimate of drug-likeness (QED) is 0.820. The second kappa shape index (κ2) is 7.63. The summed E-state index contributed by atoms with van der Waals surface area (Å²) in [6.45, 7) is 2.58. The van der Waals surface area contributed by atoms with Crippen molar-refractivity contribution < 1.29 is 9.52 Å². The number of hydrogen-bond donors (Lipinski definition) is 2. The fraction of sp³-hybridized carbons (Fsp3) is 0.353. The molecule has 0 spiro atoms. The summed E-state index contributed by atoms with van der Waals surface area (Å²) in [7, 11) is 0. The minimum atomic E-state index is -0.566. The number of nitrogens with one attached hydrogen (secondary N) is 1. The Morgan fingerprint density at radius 1 is 1.29 bits per heavy atom. The van der Waals surface area contributed by atoms with Gasteiger partial charge in [-0.25, -0.2) is 0 Å². The van der Waals surface area contributed by atoms with Crippen LogP contribution >= 0.6 is 0 Å². The van der Waals surface area contributed by atoms with Crippen molar-refractivity contribution in [1.29, 1.82) is 5.26 Å². The van der Waals surface area contributed by atoms with Crippen LogP contribution in [0.2, 0.25) is 0 Å². The van der Waals surface area contributed by atoms with Gasteiger partial charge in [0.05, 0.1) is 24.0 Å². The molecule has 4 nitrogen and oxygen atoms in total. The third kappa shape index (κ3) is 4.75. The van der Waals surface area contributed by atoms with Crippen LogP contribution in [0.15, 0.2) is 47.1 Å². The number of aliphatic hydroxyl groups excluding tert-OH is 1. The van der Waals surface area contributed by atoms with E-state index in [4.69, 9.17) is 9.68 Å². The third-order valence-electron chi connectivity index (χ3n) is 3.49. The van der Waals surface area contributed by atoms with Gasteiger partial charge in [0.15, 0.2) is 0 Å². The van der Waals surface area contributed by atoms with Gasteiger partial charge in [0, 0.05) is 19.0 Å². The van der Waals surface area contributed by atoms with Crippen molar-refractivity contribution in [1.82, 2.24) is 5.32 Å². The van der Waals surface area contributed by atoms with Crippen LogP contribution in [0, 0.1) is 11.3 Å². The van der Waals surface area contributed by atoms with Crippen LogP contribution in [0.3, 0.4) is 0 Å². The largest absolute Gasteiger partial charge is 0.469 e. The monoisotopic (exact) mass is 284 g/mol. The Morgan fingerprint density at radius 2 is 2.05 bits per heavy atom. The molecule has 0 radical (unpaired) electrons. The fourth-order valence-electron chi connectivity index (χ4n) is 2.13. The Hall–Kier alpha value is -2.09. The van der Waals surface area contributed by atoms with E-state index in [1.807, 2.05) is 12.1 Å². The molecule has 2 atom stereocenters. The molecule has 0 bridgehead atoms. The molecular formula is C17H20N2O2. The first-order chi connectivity index (χ1) is 10.2. The molecular weight excluding hydrogens is 264 g/mol. The van der Waals surface area contributed by atoms with Crippen molar-refractivity contribution in [2.45, 2.75) is 31.9 Å². The Bertz CT molecular complexity index is 570. The Labute approximate surface area is 125 Å². The van der Waals surface area contributed by atoms with Crippen molar-refractivity contribution >= 4 is 0 Å². The van der Waals surface area contributed by atoms with Crippen LogP contribution in [0.4, 0.5) is 0 Å². The maximum atomic E-state index is 10.1. The average Bonchev–Trinajstić information content (AvgIpc) is 3.04. The van der Waals surface area contributed by atoms with Crippen LogP contribution in [-0.2, 0) is 6.42 Å². The second-order valence-corrected chi connectivity index (χ2v) is 5.18. The maximum absolute atomic E-state index is 10.1. The Morgan fingerprint density at radius 3 is 2.67 bits per heavy atom. The molecule has 0 aliphatic carbocycles. The maximum Gasteiger partial charge on any atom is 0.103 e. The molecule has 0 aliphatic rings. The SMILES string of the molecule is CC(CCc1ccco1)NCC(O)c1ccc(C#N)cc1. The number of furan rings is 1. The molecule has 2 N–H and O–H groups in total. The molecule has 0 fully saturated rings.